The fourth-order valence-corrected chi connectivity index (χ4v) is 1.93. The topological polar surface area (TPSA) is 46.2 Å². The van der Waals surface area contributed by atoms with Crippen molar-refractivity contribution in [2.45, 2.75) is 12.0 Å². The van der Waals surface area contributed by atoms with E-state index in [-0.39, 0.29) is 4.88 Å². The van der Waals surface area contributed by atoms with Crippen LogP contribution in [0.1, 0.15) is 10.9 Å². The number of alkyl halides is 2. The zero-order valence-corrected chi connectivity index (χ0v) is 8.08. The molecule has 0 spiro atoms. The first kappa shape index (κ1) is 10.8. The highest BCUT2D eigenvalue weighted by molar-refractivity contribution is 7.16. The molecule has 1 atom stereocenters. The standard InChI is InChI=1S/C7H8ClF2NOS/c8-5-2-1-4(13-5)6(11)7(9,10)3-12/h1-2,6,12H,3,11H2/t6-/m1/s1. The second-order valence-electron chi connectivity index (χ2n) is 2.54. The lowest BCUT2D eigenvalue weighted by molar-refractivity contribution is -0.0703. The summed E-state index contributed by atoms with van der Waals surface area (Å²) in [5, 5.41) is 8.37. The Balaban J connectivity index is 2.84. The summed E-state index contributed by atoms with van der Waals surface area (Å²) in [6.07, 6.45) is 0. The van der Waals surface area contributed by atoms with Gasteiger partial charge in [0.05, 0.1) is 4.34 Å². The van der Waals surface area contributed by atoms with Gasteiger partial charge in [-0.05, 0) is 12.1 Å². The van der Waals surface area contributed by atoms with Crippen LogP contribution in [-0.4, -0.2) is 17.6 Å². The third kappa shape index (κ3) is 2.37. The Hall–Kier alpha value is -0.230. The Kier molecular flexibility index (Phi) is 3.23. The van der Waals surface area contributed by atoms with E-state index >= 15 is 0 Å². The van der Waals surface area contributed by atoms with Gasteiger partial charge < -0.3 is 10.8 Å². The summed E-state index contributed by atoms with van der Waals surface area (Å²) in [6, 6.07) is 1.44. The SMILES string of the molecule is N[C@H](c1ccc(Cl)s1)C(F)(F)CO. The molecule has 2 nitrogen and oxygen atoms in total. The average molecular weight is 228 g/mol. The number of thiophene rings is 1. The number of rotatable bonds is 3. The molecule has 0 fully saturated rings. The second-order valence-corrected chi connectivity index (χ2v) is 4.29. The van der Waals surface area contributed by atoms with Crippen molar-refractivity contribution in [3.63, 3.8) is 0 Å². The van der Waals surface area contributed by atoms with Crippen molar-refractivity contribution < 1.29 is 13.9 Å². The highest BCUT2D eigenvalue weighted by Gasteiger charge is 2.38. The van der Waals surface area contributed by atoms with E-state index in [9.17, 15) is 8.78 Å². The van der Waals surface area contributed by atoms with Crippen LogP contribution in [0.5, 0.6) is 0 Å². The molecule has 6 heteroatoms. The van der Waals surface area contributed by atoms with Gasteiger partial charge in [0.25, 0.3) is 5.92 Å². The Labute approximate surface area is 82.9 Å². The van der Waals surface area contributed by atoms with E-state index in [4.69, 9.17) is 22.4 Å². The van der Waals surface area contributed by atoms with Crippen LogP contribution in [0.25, 0.3) is 0 Å². The van der Waals surface area contributed by atoms with Crippen molar-refractivity contribution in [1.29, 1.82) is 0 Å². The molecule has 0 saturated carbocycles. The first-order chi connectivity index (χ1) is 5.97. The zero-order chi connectivity index (χ0) is 10.1. The van der Waals surface area contributed by atoms with Crippen molar-refractivity contribution in [2.75, 3.05) is 6.61 Å². The monoisotopic (exact) mass is 227 g/mol. The number of hydrogen-bond donors (Lipinski definition) is 2. The van der Waals surface area contributed by atoms with Gasteiger partial charge in [-0.1, -0.05) is 11.6 Å². The van der Waals surface area contributed by atoms with Gasteiger partial charge in [0.2, 0.25) is 0 Å². The minimum Gasteiger partial charge on any atom is -0.390 e. The van der Waals surface area contributed by atoms with E-state index in [1.165, 1.54) is 12.1 Å². The van der Waals surface area contributed by atoms with Crippen LogP contribution in [0.3, 0.4) is 0 Å². The minimum absolute atomic E-state index is 0.268. The summed E-state index contributed by atoms with van der Waals surface area (Å²) < 4.78 is 26.1. The predicted octanol–water partition coefficient (Wildman–Crippen LogP) is 2.03. The molecule has 0 aliphatic heterocycles. The molecule has 1 rings (SSSR count). The van der Waals surface area contributed by atoms with Crippen LogP contribution < -0.4 is 5.73 Å². The Morgan fingerprint density at radius 1 is 1.62 bits per heavy atom. The van der Waals surface area contributed by atoms with E-state index in [2.05, 4.69) is 0 Å². The van der Waals surface area contributed by atoms with E-state index in [0.29, 0.717) is 4.34 Å². The minimum atomic E-state index is -3.30. The number of halogens is 3. The Morgan fingerprint density at radius 2 is 2.23 bits per heavy atom. The molecule has 0 amide bonds. The van der Waals surface area contributed by atoms with Crippen molar-refractivity contribution in [3.05, 3.63) is 21.3 Å². The molecule has 3 N–H and O–H groups in total. The molecule has 0 unspecified atom stereocenters. The van der Waals surface area contributed by atoms with Gasteiger partial charge >= 0.3 is 0 Å². The Bertz CT molecular complexity index is 292. The second kappa shape index (κ2) is 3.88. The molecule has 0 aromatic carbocycles. The molecular weight excluding hydrogens is 220 g/mol. The molecular formula is C7H8ClF2NOS. The number of hydrogen-bond acceptors (Lipinski definition) is 3. The first-order valence-corrected chi connectivity index (χ1v) is 4.66. The fraction of sp³-hybridized carbons (Fsp3) is 0.429. The summed E-state index contributed by atoms with van der Waals surface area (Å²) >= 11 is 6.54. The van der Waals surface area contributed by atoms with Crippen molar-refractivity contribution >= 4 is 22.9 Å². The summed E-state index contributed by atoms with van der Waals surface area (Å²) in [5.41, 5.74) is 5.24. The molecule has 1 heterocycles. The van der Waals surface area contributed by atoms with Gasteiger partial charge in [-0.2, -0.15) is 0 Å². The van der Waals surface area contributed by atoms with Gasteiger partial charge in [-0.25, -0.2) is 8.78 Å². The molecule has 0 aliphatic carbocycles. The third-order valence-corrected chi connectivity index (χ3v) is 2.88. The molecule has 0 bridgehead atoms. The van der Waals surface area contributed by atoms with Gasteiger partial charge in [0, 0.05) is 4.88 Å². The van der Waals surface area contributed by atoms with Gasteiger partial charge in [0.1, 0.15) is 12.6 Å². The lowest BCUT2D eigenvalue weighted by atomic mass is 10.1. The number of nitrogens with two attached hydrogens (primary N) is 1. The van der Waals surface area contributed by atoms with Crippen LogP contribution in [0.2, 0.25) is 4.34 Å². The van der Waals surface area contributed by atoms with Crippen LogP contribution in [0, 0.1) is 0 Å². The van der Waals surface area contributed by atoms with E-state index in [1.807, 2.05) is 0 Å². The fourth-order valence-electron chi connectivity index (χ4n) is 0.802. The van der Waals surface area contributed by atoms with Gasteiger partial charge in [-0.15, -0.1) is 11.3 Å². The van der Waals surface area contributed by atoms with Crippen LogP contribution in [0.15, 0.2) is 12.1 Å². The smallest absolute Gasteiger partial charge is 0.290 e. The van der Waals surface area contributed by atoms with Crippen molar-refractivity contribution in [1.82, 2.24) is 0 Å². The summed E-state index contributed by atoms with van der Waals surface area (Å²) in [7, 11) is 0. The molecule has 13 heavy (non-hydrogen) atoms. The van der Waals surface area contributed by atoms with Crippen molar-refractivity contribution in [2.24, 2.45) is 5.73 Å². The first-order valence-electron chi connectivity index (χ1n) is 3.47. The van der Waals surface area contributed by atoms with Crippen LogP contribution >= 0.6 is 22.9 Å². The highest BCUT2D eigenvalue weighted by Crippen LogP contribution is 2.34. The molecule has 0 radical (unpaired) electrons. The lowest BCUT2D eigenvalue weighted by Crippen LogP contribution is -2.35. The average Bonchev–Trinajstić information content (AvgIpc) is 2.50. The molecule has 0 saturated heterocycles. The van der Waals surface area contributed by atoms with E-state index < -0.39 is 18.6 Å². The van der Waals surface area contributed by atoms with Crippen LogP contribution in [0.4, 0.5) is 8.78 Å². The summed E-state index contributed by atoms with van der Waals surface area (Å²) in [5.74, 6) is -3.30. The maximum absolute atomic E-state index is 12.8. The maximum atomic E-state index is 12.8. The molecule has 74 valence electrons. The normalized spacial score (nSPS) is 14.5. The van der Waals surface area contributed by atoms with Gasteiger partial charge in [-0.3, -0.25) is 0 Å². The van der Waals surface area contributed by atoms with Crippen molar-refractivity contribution in [3.8, 4) is 0 Å². The van der Waals surface area contributed by atoms with Gasteiger partial charge in [0.15, 0.2) is 0 Å². The third-order valence-electron chi connectivity index (χ3n) is 1.57. The quantitative estimate of drug-likeness (QED) is 0.830. The Morgan fingerprint density at radius 3 is 2.62 bits per heavy atom. The molecule has 1 aromatic rings. The number of aliphatic hydroxyl groups is 1. The van der Waals surface area contributed by atoms with Crippen LogP contribution in [-0.2, 0) is 0 Å². The number of aliphatic hydroxyl groups excluding tert-OH is 1. The highest BCUT2D eigenvalue weighted by atomic mass is 35.5. The zero-order valence-electron chi connectivity index (χ0n) is 6.51. The van der Waals surface area contributed by atoms with E-state index in [0.717, 1.165) is 11.3 Å². The predicted molar refractivity (Wildman–Crippen MR) is 48.3 cm³/mol. The summed E-state index contributed by atoms with van der Waals surface area (Å²) in [4.78, 5) is 0.268. The molecule has 0 aliphatic rings. The molecule has 1 aromatic heterocycles. The van der Waals surface area contributed by atoms with E-state index in [1.54, 1.807) is 0 Å². The largest absolute Gasteiger partial charge is 0.390 e. The lowest BCUT2D eigenvalue weighted by Gasteiger charge is -2.19. The summed E-state index contributed by atoms with van der Waals surface area (Å²) in [6.45, 7) is -1.26. The maximum Gasteiger partial charge on any atom is 0.290 e.